The van der Waals surface area contributed by atoms with Crippen molar-refractivity contribution in [3.05, 3.63) is 35.4 Å². The van der Waals surface area contributed by atoms with Crippen molar-refractivity contribution in [1.29, 1.82) is 0 Å². The summed E-state index contributed by atoms with van der Waals surface area (Å²) < 4.78 is 0. The Morgan fingerprint density at radius 2 is 1.75 bits per heavy atom. The maximum absolute atomic E-state index is 5.52. The van der Waals surface area contributed by atoms with Gasteiger partial charge in [0.15, 0.2) is 5.11 Å². The molecule has 0 saturated heterocycles. The lowest BCUT2D eigenvalue weighted by molar-refractivity contribution is 0.408. The lowest BCUT2D eigenvalue weighted by Gasteiger charge is -2.30. The van der Waals surface area contributed by atoms with Crippen LogP contribution in [-0.2, 0) is 6.42 Å². The normalized spacial score (nSPS) is 22.9. The molecule has 0 radical (unpaired) electrons. The van der Waals surface area contributed by atoms with E-state index in [1.54, 1.807) is 0 Å². The molecule has 3 rings (SSSR count). The van der Waals surface area contributed by atoms with Crippen LogP contribution in [-0.4, -0.2) is 11.2 Å². The monoisotopic (exact) mass is 288 g/mol. The third kappa shape index (κ3) is 3.32. The fraction of sp³-hybridized carbons (Fsp3) is 0.588. The molecule has 1 atom stereocenters. The van der Waals surface area contributed by atoms with Gasteiger partial charge in [-0.2, -0.15) is 0 Å². The molecule has 1 unspecified atom stereocenters. The Morgan fingerprint density at radius 1 is 0.950 bits per heavy atom. The van der Waals surface area contributed by atoms with Gasteiger partial charge in [0, 0.05) is 6.04 Å². The van der Waals surface area contributed by atoms with Crippen LogP contribution < -0.4 is 10.6 Å². The molecule has 2 aliphatic carbocycles. The molecule has 0 bridgehead atoms. The first-order valence-electron chi connectivity index (χ1n) is 7.98. The SMILES string of the molecule is S=C(NC1CCCCC1)NC1CCCc2ccccc21. The molecule has 1 saturated carbocycles. The zero-order valence-corrected chi connectivity index (χ0v) is 12.8. The van der Waals surface area contributed by atoms with Gasteiger partial charge >= 0.3 is 0 Å². The molecule has 108 valence electrons. The van der Waals surface area contributed by atoms with Crippen molar-refractivity contribution in [3.8, 4) is 0 Å². The maximum atomic E-state index is 5.52. The van der Waals surface area contributed by atoms with E-state index in [-0.39, 0.29) is 0 Å². The van der Waals surface area contributed by atoms with Gasteiger partial charge < -0.3 is 10.6 Å². The fourth-order valence-electron chi connectivity index (χ4n) is 3.54. The summed E-state index contributed by atoms with van der Waals surface area (Å²) in [5.41, 5.74) is 2.92. The summed E-state index contributed by atoms with van der Waals surface area (Å²) in [7, 11) is 0. The average Bonchev–Trinajstić information content (AvgIpc) is 2.48. The molecule has 2 nitrogen and oxygen atoms in total. The highest BCUT2D eigenvalue weighted by Gasteiger charge is 2.21. The largest absolute Gasteiger partial charge is 0.360 e. The van der Waals surface area contributed by atoms with E-state index in [0.29, 0.717) is 12.1 Å². The van der Waals surface area contributed by atoms with Crippen molar-refractivity contribution >= 4 is 17.3 Å². The van der Waals surface area contributed by atoms with Gasteiger partial charge in [-0.1, -0.05) is 43.5 Å². The van der Waals surface area contributed by atoms with Gasteiger partial charge in [-0.15, -0.1) is 0 Å². The van der Waals surface area contributed by atoms with Crippen LogP contribution >= 0.6 is 12.2 Å². The molecule has 0 heterocycles. The van der Waals surface area contributed by atoms with E-state index in [0.717, 1.165) is 5.11 Å². The first-order chi connectivity index (χ1) is 9.83. The van der Waals surface area contributed by atoms with Crippen LogP contribution in [0.5, 0.6) is 0 Å². The number of fused-ring (bicyclic) bond motifs is 1. The number of aryl methyl sites for hydroxylation is 1. The summed E-state index contributed by atoms with van der Waals surface area (Å²) in [6.45, 7) is 0. The molecule has 2 aliphatic rings. The van der Waals surface area contributed by atoms with Crippen LogP contribution in [0, 0.1) is 0 Å². The molecule has 0 aliphatic heterocycles. The van der Waals surface area contributed by atoms with Gasteiger partial charge in [-0.05, 0) is 55.4 Å². The second kappa shape index (κ2) is 6.57. The van der Waals surface area contributed by atoms with Gasteiger partial charge in [-0.3, -0.25) is 0 Å². The molecule has 0 aromatic heterocycles. The zero-order chi connectivity index (χ0) is 13.8. The third-order valence-electron chi connectivity index (χ3n) is 4.62. The standard InChI is InChI=1S/C17H24N2S/c20-17(18-14-9-2-1-3-10-14)19-16-12-6-8-13-7-4-5-11-15(13)16/h4-5,7,11,14,16H,1-3,6,8-10,12H2,(H2,18,19,20). The highest BCUT2D eigenvalue weighted by Crippen LogP contribution is 2.29. The van der Waals surface area contributed by atoms with Crippen molar-refractivity contribution in [2.45, 2.75) is 63.5 Å². The minimum Gasteiger partial charge on any atom is -0.360 e. The van der Waals surface area contributed by atoms with E-state index in [1.807, 2.05) is 0 Å². The number of nitrogens with one attached hydrogen (secondary N) is 2. The first-order valence-corrected chi connectivity index (χ1v) is 8.38. The molecule has 2 N–H and O–H groups in total. The van der Waals surface area contributed by atoms with Gasteiger partial charge in [-0.25, -0.2) is 0 Å². The Balaban J connectivity index is 1.59. The van der Waals surface area contributed by atoms with Crippen LogP contribution in [0.15, 0.2) is 24.3 Å². The zero-order valence-electron chi connectivity index (χ0n) is 12.0. The number of hydrogen-bond donors (Lipinski definition) is 2. The van der Waals surface area contributed by atoms with Crippen molar-refractivity contribution in [2.24, 2.45) is 0 Å². The highest BCUT2D eigenvalue weighted by molar-refractivity contribution is 7.80. The van der Waals surface area contributed by atoms with E-state index in [1.165, 1.54) is 62.5 Å². The van der Waals surface area contributed by atoms with Crippen molar-refractivity contribution in [2.75, 3.05) is 0 Å². The number of thiocarbonyl (C=S) groups is 1. The maximum Gasteiger partial charge on any atom is 0.166 e. The van der Waals surface area contributed by atoms with E-state index < -0.39 is 0 Å². The molecule has 1 fully saturated rings. The van der Waals surface area contributed by atoms with Crippen molar-refractivity contribution in [1.82, 2.24) is 10.6 Å². The van der Waals surface area contributed by atoms with Gasteiger partial charge in [0.05, 0.1) is 6.04 Å². The summed E-state index contributed by atoms with van der Waals surface area (Å²) in [5.74, 6) is 0. The van der Waals surface area contributed by atoms with E-state index in [4.69, 9.17) is 12.2 Å². The molecule has 20 heavy (non-hydrogen) atoms. The molecule has 0 amide bonds. The van der Waals surface area contributed by atoms with Crippen molar-refractivity contribution < 1.29 is 0 Å². The second-order valence-corrected chi connectivity index (χ2v) is 6.50. The summed E-state index contributed by atoms with van der Waals surface area (Å²) in [6, 6.07) is 9.75. The van der Waals surface area contributed by atoms with Crippen LogP contribution in [0.2, 0.25) is 0 Å². The lowest BCUT2D eigenvalue weighted by atomic mass is 9.88. The Bertz CT molecular complexity index is 466. The van der Waals surface area contributed by atoms with Crippen LogP contribution in [0.4, 0.5) is 0 Å². The highest BCUT2D eigenvalue weighted by atomic mass is 32.1. The minimum atomic E-state index is 0.392. The number of hydrogen-bond acceptors (Lipinski definition) is 1. The molecule has 3 heteroatoms. The Kier molecular flexibility index (Phi) is 4.56. The van der Waals surface area contributed by atoms with Crippen molar-refractivity contribution in [3.63, 3.8) is 0 Å². The quantitative estimate of drug-likeness (QED) is 0.808. The second-order valence-electron chi connectivity index (χ2n) is 6.10. The molecule has 1 aromatic carbocycles. The Morgan fingerprint density at radius 3 is 2.60 bits per heavy atom. The Labute approximate surface area is 127 Å². The van der Waals surface area contributed by atoms with E-state index >= 15 is 0 Å². The third-order valence-corrected chi connectivity index (χ3v) is 4.85. The summed E-state index contributed by atoms with van der Waals surface area (Å²) in [6.07, 6.45) is 10.2. The predicted molar refractivity (Wildman–Crippen MR) is 87.9 cm³/mol. The first kappa shape index (κ1) is 13.9. The molecule has 0 spiro atoms. The summed E-state index contributed by atoms with van der Waals surface area (Å²) >= 11 is 5.52. The minimum absolute atomic E-state index is 0.392. The van der Waals surface area contributed by atoms with Crippen LogP contribution in [0.25, 0.3) is 0 Å². The fourth-order valence-corrected chi connectivity index (χ4v) is 3.85. The average molecular weight is 288 g/mol. The number of rotatable bonds is 2. The summed E-state index contributed by atoms with van der Waals surface area (Å²) in [4.78, 5) is 0. The molecular weight excluding hydrogens is 264 g/mol. The lowest BCUT2D eigenvalue weighted by Crippen LogP contribution is -2.44. The smallest absolute Gasteiger partial charge is 0.166 e. The van der Waals surface area contributed by atoms with Gasteiger partial charge in [0.1, 0.15) is 0 Å². The van der Waals surface area contributed by atoms with E-state index in [9.17, 15) is 0 Å². The van der Waals surface area contributed by atoms with Gasteiger partial charge in [0.25, 0.3) is 0 Å². The molecule has 1 aromatic rings. The Hall–Kier alpha value is -1.09. The molecular formula is C17H24N2S. The van der Waals surface area contributed by atoms with Crippen LogP contribution in [0.3, 0.4) is 0 Å². The topological polar surface area (TPSA) is 24.1 Å². The van der Waals surface area contributed by atoms with Gasteiger partial charge in [0.2, 0.25) is 0 Å². The summed E-state index contributed by atoms with van der Waals surface area (Å²) in [5, 5.41) is 7.91. The number of benzene rings is 1. The predicted octanol–water partition coefficient (Wildman–Crippen LogP) is 3.86. The van der Waals surface area contributed by atoms with E-state index in [2.05, 4.69) is 34.9 Å². The van der Waals surface area contributed by atoms with Crippen LogP contribution in [0.1, 0.15) is 62.1 Å².